The van der Waals surface area contributed by atoms with E-state index < -0.39 is 43.3 Å². The molecule has 0 saturated heterocycles. The van der Waals surface area contributed by atoms with E-state index >= 15 is 0 Å². The molecule has 0 aliphatic heterocycles. The molecule has 0 aromatic rings. The summed E-state index contributed by atoms with van der Waals surface area (Å²) in [6.45, 7) is 0.217. The molecule has 1 N–H and O–H groups in total. The van der Waals surface area contributed by atoms with Gasteiger partial charge in [-0.1, -0.05) is 13.3 Å². The molecule has 0 aromatic heterocycles. The number of halogens is 12. The summed E-state index contributed by atoms with van der Waals surface area (Å²) in [5.74, 6) is 0. The second-order valence-corrected chi connectivity index (χ2v) is 4.53. The van der Waals surface area contributed by atoms with Gasteiger partial charge in [0.1, 0.15) is 0 Å². The van der Waals surface area contributed by atoms with E-state index in [1.165, 1.54) is 6.92 Å². The van der Waals surface area contributed by atoms with Crippen LogP contribution in [0, 0.1) is 0 Å². The van der Waals surface area contributed by atoms with Crippen molar-refractivity contribution < 1.29 is 72.0 Å². The van der Waals surface area contributed by atoms with E-state index in [4.69, 9.17) is 5.11 Å². The third-order valence-electron chi connectivity index (χ3n) is 2.32. The highest BCUT2D eigenvalue weighted by Gasteiger charge is 2.75. The van der Waals surface area contributed by atoms with E-state index in [1.54, 1.807) is 4.74 Å². The van der Waals surface area contributed by atoms with Gasteiger partial charge in [0.15, 0.2) is 0 Å². The Kier molecular flexibility index (Phi) is 7.26. The van der Waals surface area contributed by atoms with Gasteiger partial charge in [0, 0.05) is 0 Å². The quantitative estimate of drug-likeness (QED) is 0.397. The third kappa shape index (κ3) is 5.75. The van der Waals surface area contributed by atoms with Crippen molar-refractivity contribution in [2.24, 2.45) is 0 Å². The predicted octanol–water partition coefficient (Wildman–Crippen LogP) is 4.39. The Bertz CT molecular complexity index is 461. The van der Waals surface area contributed by atoms with Gasteiger partial charge in [-0.25, -0.2) is 9.47 Å². The first-order chi connectivity index (χ1) is 11.2. The third-order valence-corrected chi connectivity index (χ3v) is 2.32. The molecular formula is C10H10F12O4. The van der Waals surface area contributed by atoms with Crippen molar-refractivity contribution in [2.75, 3.05) is 6.61 Å². The minimum Gasteiger partial charge on any atom is -0.329 e. The van der Waals surface area contributed by atoms with Gasteiger partial charge in [0.2, 0.25) is 0 Å². The number of unbranched alkanes of at least 4 members (excludes halogenated alkanes) is 1. The second-order valence-electron chi connectivity index (χ2n) is 4.53. The fourth-order valence-electron chi connectivity index (χ4n) is 0.990. The first-order valence-electron chi connectivity index (χ1n) is 6.26. The molecule has 0 heterocycles. The fraction of sp³-hybridized carbons (Fsp3) is 1.00. The summed E-state index contributed by atoms with van der Waals surface area (Å²) >= 11 is 0. The highest BCUT2D eigenvalue weighted by molar-refractivity contribution is 4.77. The van der Waals surface area contributed by atoms with Crippen molar-refractivity contribution >= 4 is 0 Å². The van der Waals surface area contributed by atoms with Crippen LogP contribution in [0.3, 0.4) is 0 Å². The molecule has 158 valence electrons. The summed E-state index contributed by atoms with van der Waals surface area (Å²) in [4.78, 5) is 0. The number of hydrogen-bond donors (Lipinski definition) is 1. The van der Waals surface area contributed by atoms with Crippen molar-refractivity contribution in [1.29, 1.82) is 0 Å². The number of ether oxygens (including phenoxy) is 3. The Labute approximate surface area is 136 Å². The van der Waals surface area contributed by atoms with Crippen LogP contribution in [0.5, 0.6) is 0 Å². The van der Waals surface area contributed by atoms with Crippen LogP contribution >= 0.6 is 0 Å². The molecule has 0 aliphatic carbocycles. The Morgan fingerprint density at radius 1 is 0.615 bits per heavy atom. The Morgan fingerprint density at radius 2 is 0.962 bits per heavy atom. The van der Waals surface area contributed by atoms with E-state index in [0.29, 0.717) is 0 Å². The largest absolute Gasteiger partial charge is 0.453 e. The van der Waals surface area contributed by atoms with E-state index in [-0.39, 0.29) is 12.8 Å². The molecular weight excluding hydrogens is 412 g/mol. The van der Waals surface area contributed by atoms with Gasteiger partial charge in [-0.15, -0.1) is 0 Å². The predicted molar refractivity (Wildman–Crippen MR) is 54.9 cm³/mol. The van der Waals surface area contributed by atoms with Gasteiger partial charge in [-0.05, 0) is 6.42 Å². The smallest absolute Gasteiger partial charge is 0.329 e. The van der Waals surface area contributed by atoms with Gasteiger partial charge < -0.3 is 9.84 Å². The SMILES string of the molecule is CCCCOC(F)(F)C(F)(F)OC(F)(F)C(F)(F)OC(F)(F)C(O)(F)F. The maximum Gasteiger partial charge on any atom is 0.453 e. The van der Waals surface area contributed by atoms with Crippen molar-refractivity contribution in [2.45, 2.75) is 56.4 Å². The minimum absolute atomic E-state index is 0.106. The molecule has 0 radical (unpaired) electrons. The van der Waals surface area contributed by atoms with E-state index in [2.05, 4.69) is 4.74 Å². The van der Waals surface area contributed by atoms with Gasteiger partial charge in [0.25, 0.3) is 0 Å². The van der Waals surface area contributed by atoms with Crippen molar-refractivity contribution in [1.82, 2.24) is 0 Å². The first-order valence-corrected chi connectivity index (χ1v) is 6.26. The second kappa shape index (κ2) is 7.55. The van der Waals surface area contributed by atoms with Crippen LogP contribution in [-0.2, 0) is 14.2 Å². The lowest BCUT2D eigenvalue weighted by atomic mass is 10.4. The zero-order valence-corrected chi connectivity index (χ0v) is 12.3. The molecule has 0 aliphatic rings. The zero-order chi connectivity index (χ0) is 21.2. The summed E-state index contributed by atoms with van der Waals surface area (Å²) in [6.07, 6.45) is -39.8. The molecule has 0 saturated carbocycles. The lowest BCUT2D eigenvalue weighted by Crippen LogP contribution is -2.58. The molecule has 0 fully saturated rings. The monoisotopic (exact) mass is 422 g/mol. The Morgan fingerprint density at radius 3 is 1.31 bits per heavy atom. The minimum atomic E-state index is -7.01. The summed E-state index contributed by atoms with van der Waals surface area (Å²) in [5, 5.41) is 7.54. The zero-order valence-electron chi connectivity index (χ0n) is 12.3. The maximum atomic E-state index is 13.0. The molecule has 0 spiro atoms. The highest BCUT2D eigenvalue weighted by atomic mass is 19.4. The number of rotatable bonds is 11. The van der Waals surface area contributed by atoms with Crippen LogP contribution in [0.1, 0.15) is 19.8 Å². The number of hydrogen-bond acceptors (Lipinski definition) is 4. The van der Waals surface area contributed by atoms with Gasteiger partial charge in [0.05, 0.1) is 6.61 Å². The summed E-state index contributed by atoms with van der Waals surface area (Å²) in [7, 11) is 0. The summed E-state index contributed by atoms with van der Waals surface area (Å²) < 4.78 is 159. The van der Waals surface area contributed by atoms with E-state index in [9.17, 15) is 52.7 Å². The van der Waals surface area contributed by atoms with Crippen LogP contribution in [-0.4, -0.2) is 48.4 Å². The summed E-state index contributed by atoms with van der Waals surface area (Å²) in [5.41, 5.74) is 0. The van der Waals surface area contributed by atoms with Crippen molar-refractivity contribution in [3.05, 3.63) is 0 Å². The molecule has 26 heavy (non-hydrogen) atoms. The van der Waals surface area contributed by atoms with Gasteiger partial charge in [-0.2, -0.15) is 52.7 Å². The van der Waals surface area contributed by atoms with E-state index in [0.717, 1.165) is 0 Å². The van der Waals surface area contributed by atoms with Crippen molar-refractivity contribution in [3.8, 4) is 0 Å². The average Bonchev–Trinajstić information content (AvgIpc) is 2.34. The van der Waals surface area contributed by atoms with Crippen LogP contribution < -0.4 is 0 Å². The van der Waals surface area contributed by atoms with E-state index in [1.807, 2.05) is 4.74 Å². The maximum absolute atomic E-state index is 13.0. The van der Waals surface area contributed by atoms with Crippen LogP contribution in [0.15, 0.2) is 0 Å². The van der Waals surface area contributed by atoms with Gasteiger partial charge in [-0.3, -0.25) is 0 Å². The average molecular weight is 422 g/mol. The molecule has 0 rings (SSSR count). The molecule has 0 aromatic carbocycles. The molecule has 16 heteroatoms. The lowest BCUT2D eigenvalue weighted by molar-refractivity contribution is -0.562. The highest BCUT2D eigenvalue weighted by Crippen LogP contribution is 2.48. The molecule has 4 nitrogen and oxygen atoms in total. The van der Waals surface area contributed by atoms with Crippen molar-refractivity contribution in [3.63, 3.8) is 0 Å². The molecule has 0 bridgehead atoms. The molecule has 0 amide bonds. The fourth-order valence-corrected chi connectivity index (χ4v) is 0.990. The molecule has 0 unspecified atom stereocenters. The standard InChI is InChI=1S/C10H10F12O4/c1-2-3-4-24-7(15,16)8(17,18)26-10(21,22)9(19,20)25-6(13,14)5(11,12)23/h23H,2-4H2,1H3. The molecule has 0 atom stereocenters. The Hall–Kier alpha value is -1.00. The van der Waals surface area contributed by atoms with Crippen LogP contribution in [0.4, 0.5) is 52.7 Å². The number of aliphatic hydroxyl groups is 1. The van der Waals surface area contributed by atoms with Crippen LogP contribution in [0.25, 0.3) is 0 Å². The summed E-state index contributed by atoms with van der Waals surface area (Å²) in [6, 6.07) is 0. The topological polar surface area (TPSA) is 47.9 Å². The normalized spacial score (nSPS) is 15.5. The number of alkyl halides is 12. The lowest BCUT2D eigenvalue weighted by Gasteiger charge is -2.33. The first kappa shape index (κ1) is 25.0. The van der Waals surface area contributed by atoms with Gasteiger partial charge >= 0.3 is 36.7 Å². The van der Waals surface area contributed by atoms with Crippen LogP contribution in [0.2, 0.25) is 0 Å². The Balaban J connectivity index is 5.41.